The molecule has 4 rings (SSSR count). The molecule has 132 valence electrons. The third kappa shape index (κ3) is 5.07. The number of hydrogen-bond acceptors (Lipinski definition) is 3. The standard InChI is InChI=1S/C22H28N2O/c1-2-4-17(5-3-1)12-15-25-20-10-6-18(7-11-20)21-16-22(21)24-14-13-23-19-8-9-19/h1-7,10-11,19,21-24H,8-9,12-16H2/t21-,22+/m0/s1. The van der Waals surface area contributed by atoms with E-state index in [1.54, 1.807) is 0 Å². The Morgan fingerprint density at radius 3 is 2.40 bits per heavy atom. The highest BCUT2D eigenvalue weighted by Gasteiger charge is 2.37. The summed E-state index contributed by atoms with van der Waals surface area (Å²) in [5.41, 5.74) is 2.75. The number of hydrogen-bond donors (Lipinski definition) is 2. The maximum absolute atomic E-state index is 5.88. The van der Waals surface area contributed by atoms with Gasteiger partial charge < -0.3 is 15.4 Å². The molecule has 0 aromatic heterocycles. The molecule has 0 aliphatic heterocycles. The molecule has 0 unspecified atom stereocenters. The van der Waals surface area contributed by atoms with Gasteiger partial charge in [-0.25, -0.2) is 0 Å². The van der Waals surface area contributed by atoms with Gasteiger partial charge in [0.2, 0.25) is 0 Å². The lowest BCUT2D eigenvalue weighted by atomic mass is 10.1. The zero-order valence-electron chi connectivity index (χ0n) is 14.8. The van der Waals surface area contributed by atoms with Crippen LogP contribution in [0.15, 0.2) is 54.6 Å². The Morgan fingerprint density at radius 1 is 0.880 bits per heavy atom. The highest BCUT2D eigenvalue weighted by atomic mass is 16.5. The number of nitrogens with one attached hydrogen (secondary N) is 2. The molecule has 0 spiro atoms. The van der Waals surface area contributed by atoms with Crippen LogP contribution in [-0.4, -0.2) is 31.8 Å². The summed E-state index contributed by atoms with van der Waals surface area (Å²) in [6.45, 7) is 2.91. The summed E-state index contributed by atoms with van der Waals surface area (Å²) in [6.07, 6.45) is 4.95. The van der Waals surface area contributed by atoms with Crippen molar-refractivity contribution in [3.8, 4) is 5.75 Å². The number of ether oxygens (including phenoxy) is 1. The van der Waals surface area contributed by atoms with Crippen molar-refractivity contribution in [1.29, 1.82) is 0 Å². The van der Waals surface area contributed by atoms with Gasteiger partial charge in [-0.15, -0.1) is 0 Å². The molecule has 2 N–H and O–H groups in total. The third-order valence-corrected chi connectivity index (χ3v) is 5.14. The van der Waals surface area contributed by atoms with Crippen LogP contribution in [0.3, 0.4) is 0 Å². The quantitative estimate of drug-likeness (QED) is 0.652. The second-order valence-electron chi connectivity index (χ2n) is 7.28. The summed E-state index contributed by atoms with van der Waals surface area (Å²) in [6, 6.07) is 20.6. The van der Waals surface area contributed by atoms with Crippen molar-refractivity contribution in [3.63, 3.8) is 0 Å². The Bertz CT molecular complexity index is 651. The molecule has 2 fully saturated rings. The van der Waals surface area contributed by atoms with Gasteiger partial charge in [-0.3, -0.25) is 0 Å². The SMILES string of the molecule is c1ccc(CCOc2ccc([C@@H]3C[C@H]3NCCNC3CC3)cc2)cc1. The molecule has 2 atom stereocenters. The first-order valence-corrected chi connectivity index (χ1v) is 9.62. The lowest BCUT2D eigenvalue weighted by Crippen LogP contribution is -2.30. The minimum Gasteiger partial charge on any atom is -0.493 e. The van der Waals surface area contributed by atoms with Crippen LogP contribution in [0.4, 0.5) is 0 Å². The molecule has 2 aromatic rings. The van der Waals surface area contributed by atoms with Crippen molar-refractivity contribution in [2.24, 2.45) is 0 Å². The van der Waals surface area contributed by atoms with Crippen molar-refractivity contribution >= 4 is 0 Å². The van der Waals surface area contributed by atoms with Gasteiger partial charge in [0.25, 0.3) is 0 Å². The van der Waals surface area contributed by atoms with Crippen LogP contribution in [0.5, 0.6) is 5.75 Å². The van der Waals surface area contributed by atoms with E-state index in [0.717, 1.165) is 37.9 Å². The van der Waals surface area contributed by atoms with Crippen LogP contribution < -0.4 is 15.4 Å². The van der Waals surface area contributed by atoms with E-state index in [0.29, 0.717) is 12.0 Å². The average molecular weight is 336 g/mol. The van der Waals surface area contributed by atoms with Crippen LogP contribution in [0.2, 0.25) is 0 Å². The highest BCUT2D eigenvalue weighted by molar-refractivity contribution is 5.33. The third-order valence-electron chi connectivity index (χ3n) is 5.14. The van der Waals surface area contributed by atoms with Crippen LogP contribution in [0, 0.1) is 0 Å². The Balaban J connectivity index is 1.16. The zero-order valence-corrected chi connectivity index (χ0v) is 14.8. The molecule has 2 aliphatic rings. The van der Waals surface area contributed by atoms with Crippen LogP contribution in [-0.2, 0) is 6.42 Å². The first-order valence-electron chi connectivity index (χ1n) is 9.62. The lowest BCUT2D eigenvalue weighted by Gasteiger charge is -2.08. The smallest absolute Gasteiger partial charge is 0.119 e. The minimum absolute atomic E-state index is 0.658. The summed E-state index contributed by atoms with van der Waals surface area (Å²) in [5, 5.41) is 7.22. The van der Waals surface area contributed by atoms with E-state index >= 15 is 0 Å². The van der Waals surface area contributed by atoms with E-state index in [-0.39, 0.29) is 0 Å². The van der Waals surface area contributed by atoms with E-state index in [1.807, 2.05) is 6.07 Å². The maximum Gasteiger partial charge on any atom is 0.119 e. The van der Waals surface area contributed by atoms with Crippen LogP contribution in [0.25, 0.3) is 0 Å². The fourth-order valence-corrected chi connectivity index (χ4v) is 3.35. The lowest BCUT2D eigenvalue weighted by molar-refractivity contribution is 0.322. The largest absolute Gasteiger partial charge is 0.493 e. The first kappa shape index (κ1) is 16.6. The van der Waals surface area contributed by atoms with E-state index in [4.69, 9.17) is 4.74 Å². The van der Waals surface area contributed by atoms with E-state index in [2.05, 4.69) is 59.2 Å². The summed E-state index contributed by atoms with van der Waals surface area (Å²) >= 11 is 0. The predicted molar refractivity (Wildman–Crippen MR) is 102 cm³/mol. The van der Waals surface area contributed by atoms with E-state index in [1.165, 1.54) is 30.4 Å². The molecule has 2 saturated carbocycles. The predicted octanol–water partition coefficient (Wildman–Crippen LogP) is 3.51. The maximum atomic E-state index is 5.88. The molecule has 0 saturated heterocycles. The van der Waals surface area contributed by atoms with E-state index < -0.39 is 0 Å². The fraction of sp³-hybridized carbons (Fsp3) is 0.455. The van der Waals surface area contributed by atoms with Gasteiger partial charge in [0.1, 0.15) is 5.75 Å². The van der Waals surface area contributed by atoms with Gasteiger partial charge >= 0.3 is 0 Å². The molecular formula is C22H28N2O. The molecule has 25 heavy (non-hydrogen) atoms. The molecule has 3 nitrogen and oxygen atoms in total. The molecule has 0 bridgehead atoms. The second kappa shape index (κ2) is 8.03. The van der Waals surface area contributed by atoms with Crippen molar-refractivity contribution in [3.05, 3.63) is 65.7 Å². The van der Waals surface area contributed by atoms with E-state index in [9.17, 15) is 0 Å². The molecule has 0 radical (unpaired) electrons. The van der Waals surface area contributed by atoms with Gasteiger partial charge in [0.05, 0.1) is 6.61 Å². The molecule has 0 heterocycles. The Kier molecular flexibility index (Phi) is 5.34. The first-order chi connectivity index (χ1) is 12.4. The fourth-order valence-electron chi connectivity index (χ4n) is 3.35. The monoisotopic (exact) mass is 336 g/mol. The Labute approximate surface area is 150 Å². The van der Waals surface area contributed by atoms with Gasteiger partial charge in [0, 0.05) is 37.5 Å². The zero-order chi connectivity index (χ0) is 16.9. The van der Waals surface area contributed by atoms with Gasteiger partial charge in [-0.2, -0.15) is 0 Å². The molecule has 2 aromatic carbocycles. The molecule has 2 aliphatic carbocycles. The molecule has 0 amide bonds. The van der Waals surface area contributed by atoms with Crippen LogP contribution in [0.1, 0.15) is 36.3 Å². The summed E-state index contributed by atoms with van der Waals surface area (Å²) in [5.74, 6) is 1.65. The second-order valence-corrected chi connectivity index (χ2v) is 7.28. The summed E-state index contributed by atoms with van der Waals surface area (Å²) in [7, 11) is 0. The Hall–Kier alpha value is -1.84. The van der Waals surface area contributed by atoms with Crippen molar-refractivity contribution in [2.45, 2.75) is 43.7 Å². The topological polar surface area (TPSA) is 33.3 Å². The Morgan fingerprint density at radius 2 is 1.64 bits per heavy atom. The number of rotatable bonds is 10. The number of benzene rings is 2. The average Bonchev–Trinajstić information content (AvgIpc) is 3.56. The van der Waals surface area contributed by atoms with Crippen LogP contribution >= 0.6 is 0 Å². The van der Waals surface area contributed by atoms with Gasteiger partial charge in [0.15, 0.2) is 0 Å². The highest BCUT2D eigenvalue weighted by Crippen LogP contribution is 2.41. The van der Waals surface area contributed by atoms with Crippen molar-refractivity contribution in [2.75, 3.05) is 19.7 Å². The molecule has 3 heteroatoms. The van der Waals surface area contributed by atoms with Crippen molar-refractivity contribution in [1.82, 2.24) is 10.6 Å². The normalized spacial score (nSPS) is 21.9. The van der Waals surface area contributed by atoms with Gasteiger partial charge in [-0.05, 0) is 42.5 Å². The summed E-state index contributed by atoms with van der Waals surface area (Å²) in [4.78, 5) is 0. The van der Waals surface area contributed by atoms with Gasteiger partial charge in [-0.1, -0.05) is 42.5 Å². The minimum atomic E-state index is 0.658. The van der Waals surface area contributed by atoms with Crippen molar-refractivity contribution < 1.29 is 4.74 Å². The summed E-state index contributed by atoms with van der Waals surface area (Å²) < 4.78 is 5.88. The molecular weight excluding hydrogens is 308 g/mol.